The highest BCUT2D eigenvalue weighted by molar-refractivity contribution is 5.69. The SMILES string of the molecule is N#Cc1cc(F)c(N2CCCCC2CC(=O)O)c(F)c1. The zero-order chi connectivity index (χ0) is 14.7. The van der Waals surface area contributed by atoms with Gasteiger partial charge in [0, 0.05) is 12.6 Å². The van der Waals surface area contributed by atoms with Crippen molar-refractivity contribution in [1.82, 2.24) is 0 Å². The summed E-state index contributed by atoms with van der Waals surface area (Å²) < 4.78 is 28.0. The average molecular weight is 280 g/mol. The Bertz CT molecular complexity index is 546. The van der Waals surface area contributed by atoms with E-state index in [-0.39, 0.29) is 17.7 Å². The number of carboxylic acid groups (broad SMARTS) is 1. The lowest BCUT2D eigenvalue weighted by Gasteiger charge is -2.37. The van der Waals surface area contributed by atoms with Crippen molar-refractivity contribution >= 4 is 11.7 Å². The minimum absolute atomic E-state index is 0.0875. The molecule has 0 amide bonds. The van der Waals surface area contributed by atoms with Crippen molar-refractivity contribution in [2.75, 3.05) is 11.4 Å². The summed E-state index contributed by atoms with van der Waals surface area (Å²) in [6.07, 6.45) is 2.03. The van der Waals surface area contributed by atoms with Crippen LogP contribution in [0, 0.1) is 23.0 Å². The van der Waals surface area contributed by atoms with Gasteiger partial charge in [0.2, 0.25) is 0 Å². The summed E-state index contributed by atoms with van der Waals surface area (Å²) in [5, 5.41) is 17.6. The third kappa shape index (κ3) is 2.87. The Morgan fingerprint density at radius 2 is 2.05 bits per heavy atom. The summed E-state index contributed by atoms with van der Waals surface area (Å²) >= 11 is 0. The summed E-state index contributed by atoms with van der Waals surface area (Å²) in [5.74, 6) is -2.63. The molecular weight excluding hydrogens is 266 g/mol. The first-order valence-corrected chi connectivity index (χ1v) is 6.40. The number of piperidine rings is 1. The molecule has 0 saturated carbocycles. The van der Waals surface area contributed by atoms with E-state index >= 15 is 0 Å². The minimum atomic E-state index is -0.989. The Balaban J connectivity index is 2.37. The summed E-state index contributed by atoms with van der Waals surface area (Å²) in [6, 6.07) is 3.23. The zero-order valence-electron chi connectivity index (χ0n) is 10.8. The molecule has 1 aromatic rings. The van der Waals surface area contributed by atoms with E-state index in [2.05, 4.69) is 0 Å². The lowest BCUT2D eigenvalue weighted by Crippen LogP contribution is -2.42. The van der Waals surface area contributed by atoms with Crippen LogP contribution in [0.15, 0.2) is 12.1 Å². The monoisotopic (exact) mass is 280 g/mol. The summed E-state index contributed by atoms with van der Waals surface area (Å²) in [4.78, 5) is 12.3. The standard InChI is InChI=1S/C14H14F2N2O2/c15-11-5-9(8-17)6-12(16)14(11)18-4-2-1-3-10(18)7-13(19)20/h5-6,10H,1-4,7H2,(H,19,20). The number of carbonyl (C=O) groups is 1. The van der Waals surface area contributed by atoms with Crippen LogP contribution in [0.3, 0.4) is 0 Å². The van der Waals surface area contributed by atoms with Gasteiger partial charge in [-0.05, 0) is 31.4 Å². The minimum Gasteiger partial charge on any atom is -0.481 e. The van der Waals surface area contributed by atoms with Crippen LogP contribution >= 0.6 is 0 Å². The molecule has 1 aliphatic heterocycles. The van der Waals surface area contributed by atoms with Crippen molar-refractivity contribution in [1.29, 1.82) is 5.26 Å². The first-order valence-electron chi connectivity index (χ1n) is 6.40. The highest BCUT2D eigenvalue weighted by Crippen LogP contribution is 2.31. The number of hydrogen-bond donors (Lipinski definition) is 1. The van der Waals surface area contributed by atoms with E-state index in [0.717, 1.165) is 25.0 Å². The van der Waals surface area contributed by atoms with Crippen molar-refractivity contribution in [3.05, 3.63) is 29.3 Å². The van der Waals surface area contributed by atoms with Crippen molar-refractivity contribution in [3.63, 3.8) is 0 Å². The van der Waals surface area contributed by atoms with Crippen LogP contribution in [0.1, 0.15) is 31.2 Å². The van der Waals surface area contributed by atoms with Crippen molar-refractivity contribution in [3.8, 4) is 6.07 Å². The molecule has 1 heterocycles. The van der Waals surface area contributed by atoms with Gasteiger partial charge in [-0.25, -0.2) is 8.78 Å². The Labute approximate surface area is 115 Å². The van der Waals surface area contributed by atoms with E-state index in [9.17, 15) is 13.6 Å². The molecule has 1 aromatic carbocycles. The molecule has 0 aliphatic carbocycles. The second kappa shape index (κ2) is 5.87. The molecule has 0 spiro atoms. The van der Waals surface area contributed by atoms with Crippen LogP contribution in [0.4, 0.5) is 14.5 Å². The zero-order valence-corrected chi connectivity index (χ0v) is 10.8. The van der Waals surface area contributed by atoms with Gasteiger partial charge in [0.25, 0.3) is 0 Å². The first-order chi connectivity index (χ1) is 9.52. The summed E-state index contributed by atoms with van der Waals surface area (Å²) in [5.41, 5.74) is -0.314. The van der Waals surface area contributed by atoms with Gasteiger partial charge in [0.05, 0.1) is 18.1 Å². The number of carboxylic acids is 1. The largest absolute Gasteiger partial charge is 0.481 e. The summed E-state index contributed by atoms with van der Waals surface area (Å²) in [6.45, 7) is 0.414. The number of anilines is 1. The second-order valence-electron chi connectivity index (χ2n) is 4.84. The fourth-order valence-corrected chi connectivity index (χ4v) is 2.61. The smallest absolute Gasteiger partial charge is 0.305 e. The molecule has 4 nitrogen and oxygen atoms in total. The van der Waals surface area contributed by atoms with Gasteiger partial charge in [-0.3, -0.25) is 4.79 Å². The van der Waals surface area contributed by atoms with Crippen LogP contribution in [0.5, 0.6) is 0 Å². The maximum absolute atomic E-state index is 14.0. The maximum atomic E-state index is 14.0. The molecule has 1 fully saturated rings. The molecule has 20 heavy (non-hydrogen) atoms. The number of hydrogen-bond acceptors (Lipinski definition) is 3. The molecule has 0 aromatic heterocycles. The van der Waals surface area contributed by atoms with Gasteiger partial charge in [0.1, 0.15) is 5.69 Å². The molecule has 6 heteroatoms. The van der Waals surface area contributed by atoms with E-state index in [0.29, 0.717) is 13.0 Å². The van der Waals surface area contributed by atoms with Crippen molar-refractivity contribution < 1.29 is 18.7 Å². The molecule has 2 rings (SSSR count). The number of benzene rings is 1. The Morgan fingerprint density at radius 1 is 1.40 bits per heavy atom. The number of halogens is 2. The number of nitriles is 1. The van der Waals surface area contributed by atoms with E-state index in [1.165, 1.54) is 4.90 Å². The van der Waals surface area contributed by atoms with E-state index in [1.54, 1.807) is 6.07 Å². The number of rotatable bonds is 3. The van der Waals surface area contributed by atoms with Gasteiger partial charge < -0.3 is 10.0 Å². The molecule has 1 unspecified atom stereocenters. The van der Waals surface area contributed by atoms with Gasteiger partial charge in [-0.1, -0.05) is 0 Å². The van der Waals surface area contributed by atoms with E-state index < -0.39 is 23.6 Å². The van der Waals surface area contributed by atoms with Crippen molar-refractivity contribution in [2.24, 2.45) is 0 Å². The summed E-state index contributed by atoms with van der Waals surface area (Å²) in [7, 11) is 0. The molecule has 106 valence electrons. The van der Waals surface area contributed by atoms with Gasteiger partial charge in [0.15, 0.2) is 11.6 Å². The topological polar surface area (TPSA) is 64.3 Å². The normalized spacial score (nSPS) is 18.6. The molecule has 0 radical (unpaired) electrons. The van der Waals surface area contributed by atoms with Crippen LogP contribution in [-0.2, 0) is 4.79 Å². The van der Waals surface area contributed by atoms with Crippen molar-refractivity contribution in [2.45, 2.75) is 31.7 Å². The van der Waals surface area contributed by atoms with Crippen LogP contribution < -0.4 is 4.90 Å². The second-order valence-corrected chi connectivity index (χ2v) is 4.84. The third-order valence-corrected chi connectivity index (χ3v) is 3.47. The number of nitrogens with zero attached hydrogens (tertiary/aromatic N) is 2. The molecular formula is C14H14F2N2O2. The maximum Gasteiger partial charge on any atom is 0.305 e. The third-order valence-electron chi connectivity index (χ3n) is 3.47. The highest BCUT2D eigenvalue weighted by atomic mass is 19.1. The number of aliphatic carboxylic acids is 1. The van der Waals surface area contributed by atoms with Gasteiger partial charge in [-0.15, -0.1) is 0 Å². The fourth-order valence-electron chi connectivity index (χ4n) is 2.61. The fraction of sp³-hybridized carbons (Fsp3) is 0.429. The van der Waals surface area contributed by atoms with Gasteiger partial charge in [-0.2, -0.15) is 5.26 Å². The first kappa shape index (κ1) is 14.3. The molecule has 0 bridgehead atoms. The predicted octanol–water partition coefficient (Wildman–Crippen LogP) is 2.67. The van der Waals surface area contributed by atoms with Crippen LogP contribution in [0.2, 0.25) is 0 Å². The van der Waals surface area contributed by atoms with Crippen LogP contribution in [0.25, 0.3) is 0 Å². The Morgan fingerprint density at radius 3 is 2.60 bits per heavy atom. The molecule has 1 atom stereocenters. The van der Waals surface area contributed by atoms with Crippen LogP contribution in [-0.4, -0.2) is 23.7 Å². The Hall–Kier alpha value is -2.16. The molecule has 1 N–H and O–H groups in total. The average Bonchev–Trinajstić information content (AvgIpc) is 2.39. The molecule has 1 saturated heterocycles. The van der Waals surface area contributed by atoms with E-state index in [1.807, 2.05) is 0 Å². The lowest BCUT2D eigenvalue weighted by molar-refractivity contribution is -0.137. The molecule has 1 aliphatic rings. The quantitative estimate of drug-likeness (QED) is 0.924. The van der Waals surface area contributed by atoms with E-state index in [4.69, 9.17) is 10.4 Å². The lowest BCUT2D eigenvalue weighted by atomic mass is 9.98. The Kier molecular flexibility index (Phi) is 4.18. The predicted molar refractivity (Wildman–Crippen MR) is 68.3 cm³/mol. The van der Waals surface area contributed by atoms with Gasteiger partial charge >= 0.3 is 5.97 Å². The highest BCUT2D eigenvalue weighted by Gasteiger charge is 2.29.